The predicted octanol–water partition coefficient (Wildman–Crippen LogP) is 7.91. The monoisotopic (exact) mass is 615 g/mol. The molecule has 0 radical (unpaired) electrons. The normalized spacial score (nSPS) is 11.1. The van der Waals surface area contributed by atoms with Gasteiger partial charge >= 0.3 is 0 Å². The summed E-state index contributed by atoms with van der Waals surface area (Å²) in [5.74, 6) is 0.0561. The van der Waals surface area contributed by atoms with Crippen LogP contribution in [0.1, 0.15) is 66.2 Å². The largest absolute Gasteiger partial charge is 0.399 e. The summed E-state index contributed by atoms with van der Waals surface area (Å²) in [5.41, 5.74) is 10.9. The molecule has 0 saturated carbocycles. The molecule has 0 aliphatic carbocycles. The molecular weight excluding hydrogens is 570 g/mol. The van der Waals surface area contributed by atoms with Gasteiger partial charge in [0.15, 0.2) is 12.1 Å². The number of hydrogen-bond acceptors (Lipinski definition) is 6. The number of carbonyl (C=O) groups is 1. The van der Waals surface area contributed by atoms with Crippen LogP contribution in [0.4, 0.5) is 5.69 Å². The molecule has 3 aromatic rings. The van der Waals surface area contributed by atoms with Crippen molar-refractivity contribution >= 4 is 27.4 Å². The third-order valence-corrected chi connectivity index (χ3v) is 6.56. The second-order valence-corrected chi connectivity index (χ2v) is 9.65. The molecule has 1 unspecified atom stereocenters. The molecule has 1 atom stereocenters. The molecule has 0 aliphatic rings. The zero-order valence-corrected chi connectivity index (χ0v) is 26.5. The number of rotatable bonds is 14. The Labute approximate surface area is 249 Å². The molecule has 6 nitrogen and oxygen atoms in total. The fraction of sp³-hybridized carbons (Fsp3) is 0.424. The van der Waals surface area contributed by atoms with Gasteiger partial charge in [-0.05, 0) is 61.2 Å². The minimum absolute atomic E-state index is 0.0561. The van der Waals surface area contributed by atoms with Gasteiger partial charge in [-0.2, -0.15) is 0 Å². The standard InChI is InChI=1S/C16H25BrO4.C15H15NO.C2H6/c1-3-6-16(18-2)21-12-11-19-9-10-20-13-14-7-4-5-8-15(14)17;1-10-5-3-4-6-13(10)15(17)14-8-7-12(16)9-11(14)2;1-2/h4-5,7-8,16H,3,6,9-13H2,1-2H3;3-9H,16H2,1-2H3;1-2H3. The first-order valence-electron chi connectivity index (χ1n) is 13.9. The van der Waals surface area contributed by atoms with E-state index in [1.54, 1.807) is 19.2 Å². The van der Waals surface area contributed by atoms with Gasteiger partial charge in [0, 0.05) is 28.4 Å². The average molecular weight is 617 g/mol. The van der Waals surface area contributed by atoms with Crippen molar-refractivity contribution in [1.82, 2.24) is 0 Å². The summed E-state index contributed by atoms with van der Waals surface area (Å²) < 4.78 is 22.8. The highest BCUT2D eigenvalue weighted by atomic mass is 79.9. The van der Waals surface area contributed by atoms with Crippen LogP contribution in [0.15, 0.2) is 71.2 Å². The van der Waals surface area contributed by atoms with Crippen LogP contribution < -0.4 is 5.73 Å². The van der Waals surface area contributed by atoms with Gasteiger partial charge < -0.3 is 24.7 Å². The Morgan fingerprint density at radius 3 is 2.12 bits per heavy atom. The minimum atomic E-state index is -0.120. The Bertz CT molecular complexity index is 1120. The number of aryl methyl sites for hydroxylation is 2. The smallest absolute Gasteiger partial charge is 0.193 e. The molecule has 0 fully saturated rings. The van der Waals surface area contributed by atoms with Crippen LogP contribution in [0, 0.1) is 13.8 Å². The number of benzene rings is 3. The Morgan fingerprint density at radius 1 is 0.850 bits per heavy atom. The van der Waals surface area contributed by atoms with E-state index in [-0.39, 0.29) is 12.1 Å². The molecule has 220 valence electrons. The lowest BCUT2D eigenvalue weighted by molar-refractivity contribution is -0.138. The van der Waals surface area contributed by atoms with Gasteiger partial charge in [0.2, 0.25) is 0 Å². The predicted molar refractivity (Wildman–Crippen MR) is 168 cm³/mol. The highest BCUT2D eigenvalue weighted by Crippen LogP contribution is 2.19. The number of ether oxygens (including phenoxy) is 4. The molecule has 0 bridgehead atoms. The first-order valence-corrected chi connectivity index (χ1v) is 14.7. The molecular formula is C33H46BrNO5. The number of hydrogen-bond donors (Lipinski definition) is 1. The van der Waals surface area contributed by atoms with Crippen LogP contribution >= 0.6 is 15.9 Å². The Hall–Kier alpha value is -2.55. The molecule has 40 heavy (non-hydrogen) atoms. The van der Waals surface area contributed by atoms with E-state index >= 15 is 0 Å². The van der Waals surface area contributed by atoms with Crippen molar-refractivity contribution in [1.29, 1.82) is 0 Å². The van der Waals surface area contributed by atoms with E-state index in [1.807, 2.05) is 82.3 Å². The van der Waals surface area contributed by atoms with E-state index in [0.29, 0.717) is 44.3 Å². The molecule has 0 aliphatic heterocycles. The summed E-state index contributed by atoms with van der Waals surface area (Å²) in [5, 5.41) is 0. The molecule has 0 saturated heterocycles. The lowest BCUT2D eigenvalue weighted by atomic mass is 9.96. The average Bonchev–Trinajstić information content (AvgIpc) is 2.96. The van der Waals surface area contributed by atoms with E-state index < -0.39 is 0 Å². The zero-order valence-electron chi connectivity index (χ0n) is 24.9. The van der Waals surface area contributed by atoms with Crippen molar-refractivity contribution in [3.05, 3.63) is 99.0 Å². The SMILES string of the molecule is CC.CCCC(OC)OCCOCCOCc1ccccc1Br.Cc1ccccc1C(=O)c1ccc(N)cc1C. The summed E-state index contributed by atoms with van der Waals surface area (Å²) in [6, 6.07) is 21.0. The van der Waals surface area contributed by atoms with Gasteiger partial charge in [0.25, 0.3) is 0 Å². The topological polar surface area (TPSA) is 80.0 Å². The summed E-state index contributed by atoms with van der Waals surface area (Å²) in [6.45, 7) is 12.8. The molecule has 0 spiro atoms. The third kappa shape index (κ3) is 13.2. The number of nitrogen functional groups attached to an aromatic ring is 1. The highest BCUT2D eigenvalue weighted by Gasteiger charge is 2.13. The van der Waals surface area contributed by atoms with Gasteiger partial charge in [-0.1, -0.05) is 85.6 Å². The van der Waals surface area contributed by atoms with E-state index in [2.05, 4.69) is 22.9 Å². The molecule has 0 aromatic heterocycles. The summed E-state index contributed by atoms with van der Waals surface area (Å²) in [7, 11) is 1.66. The Morgan fingerprint density at radius 2 is 1.48 bits per heavy atom. The Balaban J connectivity index is 0.000000383. The van der Waals surface area contributed by atoms with Crippen molar-refractivity contribution in [3.63, 3.8) is 0 Å². The lowest BCUT2D eigenvalue weighted by Gasteiger charge is -2.15. The number of nitrogens with two attached hydrogens (primary N) is 1. The summed E-state index contributed by atoms with van der Waals surface area (Å²) in [6.07, 6.45) is 1.83. The van der Waals surface area contributed by atoms with Crippen LogP contribution in [-0.2, 0) is 25.6 Å². The van der Waals surface area contributed by atoms with Crippen LogP contribution in [0.5, 0.6) is 0 Å². The van der Waals surface area contributed by atoms with Crippen LogP contribution in [-0.4, -0.2) is 45.6 Å². The van der Waals surface area contributed by atoms with Crippen molar-refractivity contribution < 1.29 is 23.7 Å². The number of anilines is 1. The second kappa shape index (κ2) is 21.2. The van der Waals surface area contributed by atoms with Crippen molar-refractivity contribution in [2.45, 2.75) is 60.4 Å². The van der Waals surface area contributed by atoms with Gasteiger partial charge in [-0.3, -0.25) is 4.79 Å². The third-order valence-electron chi connectivity index (χ3n) is 5.79. The van der Waals surface area contributed by atoms with E-state index in [1.165, 1.54) is 0 Å². The zero-order chi connectivity index (χ0) is 29.8. The summed E-state index contributed by atoms with van der Waals surface area (Å²) in [4.78, 5) is 12.4. The Kier molecular flexibility index (Phi) is 18.8. The van der Waals surface area contributed by atoms with Gasteiger partial charge in [-0.25, -0.2) is 0 Å². The van der Waals surface area contributed by atoms with Crippen LogP contribution in [0.2, 0.25) is 0 Å². The molecule has 3 aromatic carbocycles. The van der Waals surface area contributed by atoms with Gasteiger partial charge in [-0.15, -0.1) is 0 Å². The van der Waals surface area contributed by atoms with Crippen molar-refractivity contribution in [3.8, 4) is 0 Å². The van der Waals surface area contributed by atoms with Crippen molar-refractivity contribution in [2.24, 2.45) is 0 Å². The summed E-state index contributed by atoms with van der Waals surface area (Å²) >= 11 is 3.49. The van der Waals surface area contributed by atoms with E-state index in [0.717, 1.165) is 39.6 Å². The molecule has 2 N–H and O–H groups in total. The molecule has 0 heterocycles. The number of halogens is 1. The lowest BCUT2D eigenvalue weighted by Crippen LogP contribution is -2.18. The maximum Gasteiger partial charge on any atom is 0.193 e. The van der Waals surface area contributed by atoms with Gasteiger partial charge in [0.1, 0.15) is 0 Å². The maximum absolute atomic E-state index is 12.4. The fourth-order valence-electron chi connectivity index (χ4n) is 3.68. The first kappa shape index (κ1) is 35.5. The second-order valence-electron chi connectivity index (χ2n) is 8.80. The molecule has 3 rings (SSSR count). The number of ketones is 1. The molecule has 7 heteroatoms. The van der Waals surface area contributed by atoms with E-state index in [9.17, 15) is 4.79 Å². The minimum Gasteiger partial charge on any atom is -0.399 e. The van der Waals surface area contributed by atoms with Crippen LogP contribution in [0.25, 0.3) is 0 Å². The molecule has 0 amide bonds. The number of carbonyl (C=O) groups excluding carboxylic acids is 1. The van der Waals surface area contributed by atoms with Crippen molar-refractivity contribution in [2.75, 3.05) is 39.3 Å². The maximum atomic E-state index is 12.4. The number of methoxy groups -OCH3 is 1. The quantitative estimate of drug-likeness (QED) is 0.0858. The van der Waals surface area contributed by atoms with Crippen LogP contribution in [0.3, 0.4) is 0 Å². The van der Waals surface area contributed by atoms with Gasteiger partial charge in [0.05, 0.1) is 33.0 Å². The van der Waals surface area contributed by atoms with E-state index in [4.69, 9.17) is 24.7 Å². The first-order chi connectivity index (χ1) is 19.4. The highest BCUT2D eigenvalue weighted by molar-refractivity contribution is 9.10. The fourth-order valence-corrected chi connectivity index (χ4v) is 4.07.